The highest BCUT2D eigenvalue weighted by molar-refractivity contribution is 6.06. The largest absolute Gasteiger partial charge is 0.342 e. The molecule has 0 spiro atoms. The number of rotatable bonds is 3. The van der Waals surface area contributed by atoms with E-state index in [0.29, 0.717) is 24.6 Å². The van der Waals surface area contributed by atoms with Crippen molar-refractivity contribution in [3.8, 4) is 0 Å². The molecule has 140 valence electrons. The summed E-state index contributed by atoms with van der Waals surface area (Å²) < 4.78 is 13.1. The first-order chi connectivity index (χ1) is 13.2. The monoisotopic (exact) mass is 365 g/mol. The average molecular weight is 365 g/mol. The number of piperidine rings is 1. The molecule has 4 nitrogen and oxygen atoms in total. The van der Waals surface area contributed by atoms with Gasteiger partial charge in [0.15, 0.2) is 0 Å². The van der Waals surface area contributed by atoms with Crippen molar-refractivity contribution in [2.45, 2.75) is 19.3 Å². The number of carbonyl (C=O) groups excluding carboxylic acids is 1. The zero-order valence-corrected chi connectivity index (χ0v) is 15.4. The van der Waals surface area contributed by atoms with Crippen LogP contribution in [0, 0.1) is 11.7 Å². The van der Waals surface area contributed by atoms with E-state index in [-0.39, 0.29) is 11.7 Å². The van der Waals surface area contributed by atoms with Gasteiger partial charge >= 0.3 is 0 Å². The highest BCUT2D eigenvalue weighted by Gasteiger charge is 2.31. The summed E-state index contributed by atoms with van der Waals surface area (Å²) in [6.07, 6.45) is 3.32. The summed E-state index contributed by atoms with van der Waals surface area (Å²) in [6.45, 7) is 3.06. The fraction of sp³-hybridized carbons (Fsp3) is 0.364. The van der Waals surface area contributed by atoms with Gasteiger partial charge in [0.05, 0.1) is 6.54 Å². The van der Waals surface area contributed by atoms with E-state index in [1.54, 1.807) is 17.0 Å². The number of hydrogen-bond acceptors (Lipinski definition) is 3. The lowest BCUT2D eigenvalue weighted by Gasteiger charge is -2.36. The highest BCUT2D eigenvalue weighted by Crippen LogP contribution is 2.24. The molecule has 0 aliphatic carbocycles. The van der Waals surface area contributed by atoms with Gasteiger partial charge < -0.3 is 4.90 Å². The van der Waals surface area contributed by atoms with E-state index in [0.717, 1.165) is 38.3 Å². The van der Waals surface area contributed by atoms with Crippen LogP contribution < -0.4 is 0 Å². The first-order valence-corrected chi connectivity index (χ1v) is 9.61. The SMILES string of the molecule is O=C(c1ccc(F)cc1)N1CCN=C1N1CCC(Cc2ccccc2)CC1. The predicted molar refractivity (Wildman–Crippen MR) is 104 cm³/mol. The molecule has 0 unspecified atom stereocenters. The quantitative estimate of drug-likeness (QED) is 0.833. The minimum atomic E-state index is -0.331. The van der Waals surface area contributed by atoms with Crippen LogP contribution in [0.2, 0.25) is 0 Å². The third-order valence-electron chi connectivity index (χ3n) is 5.42. The number of halogens is 1. The lowest BCUT2D eigenvalue weighted by Crippen LogP contribution is -2.48. The van der Waals surface area contributed by atoms with Crippen LogP contribution in [0.5, 0.6) is 0 Å². The van der Waals surface area contributed by atoms with Crippen LogP contribution in [0.3, 0.4) is 0 Å². The molecule has 0 bridgehead atoms. The summed E-state index contributed by atoms with van der Waals surface area (Å²) in [7, 11) is 0. The summed E-state index contributed by atoms with van der Waals surface area (Å²) in [5, 5.41) is 0. The van der Waals surface area contributed by atoms with Crippen LogP contribution in [-0.2, 0) is 6.42 Å². The molecule has 5 heteroatoms. The van der Waals surface area contributed by atoms with Crippen molar-refractivity contribution < 1.29 is 9.18 Å². The molecule has 2 aliphatic rings. The Bertz CT molecular complexity index is 811. The predicted octanol–water partition coefficient (Wildman–Crippen LogP) is 3.59. The molecule has 2 aromatic carbocycles. The van der Waals surface area contributed by atoms with Crippen LogP contribution in [0.4, 0.5) is 4.39 Å². The lowest BCUT2D eigenvalue weighted by molar-refractivity contribution is 0.0839. The number of amides is 1. The number of hydrogen-bond donors (Lipinski definition) is 0. The molecule has 27 heavy (non-hydrogen) atoms. The van der Waals surface area contributed by atoms with Crippen molar-refractivity contribution >= 4 is 11.9 Å². The maximum Gasteiger partial charge on any atom is 0.260 e. The van der Waals surface area contributed by atoms with Crippen molar-refractivity contribution in [2.75, 3.05) is 26.2 Å². The summed E-state index contributed by atoms with van der Waals surface area (Å²) >= 11 is 0. The summed E-state index contributed by atoms with van der Waals surface area (Å²) in [5.74, 6) is 1.02. The van der Waals surface area contributed by atoms with Gasteiger partial charge in [0.2, 0.25) is 5.96 Å². The smallest absolute Gasteiger partial charge is 0.260 e. The minimum Gasteiger partial charge on any atom is -0.342 e. The van der Waals surface area contributed by atoms with Crippen molar-refractivity contribution in [3.05, 3.63) is 71.5 Å². The zero-order valence-electron chi connectivity index (χ0n) is 15.4. The molecule has 2 heterocycles. The summed E-state index contributed by atoms with van der Waals surface area (Å²) in [6, 6.07) is 16.4. The first-order valence-electron chi connectivity index (χ1n) is 9.61. The zero-order chi connectivity index (χ0) is 18.6. The number of likely N-dealkylation sites (tertiary alicyclic amines) is 1. The van der Waals surface area contributed by atoms with Crippen LogP contribution in [-0.4, -0.2) is 47.8 Å². The van der Waals surface area contributed by atoms with E-state index in [4.69, 9.17) is 0 Å². The van der Waals surface area contributed by atoms with Crippen LogP contribution in [0.15, 0.2) is 59.6 Å². The molecule has 0 saturated carbocycles. The van der Waals surface area contributed by atoms with Crippen molar-refractivity contribution in [2.24, 2.45) is 10.9 Å². The van der Waals surface area contributed by atoms with Gasteiger partial charge in [-0.05, 0) is 55.0 Å². The van der Waals surface area contributed by atoms with E-state index in [9.17, 15) is 9.18 Å². The van der Waals surface area contributed by atoms with E-state index in [1.807, 2.05) is 0 Å². The molecule has 1 fully saturated rings. The molecule has 2 aromatic rings. The van der Waals surface area contributed by atoms with Crippen molar-refractivity contribution in [1.82, 2.24) is 9.80 Å². The van der Waals surface area contributed by atoms with Gasteiger partial charge in [-0.15, -0.1) is 0 Å². The minimum absolute atomic E-state index is 0.0994. The Morgan fingerprint density at radius 3 is 2.41 bits per heavy atom. The number of guanidine groups is 1. The standard InChI is InChI=1S/C22H24FN3O/c23-20-8-6-19(7-9-20)21(27)26-15-12-24-22(26)25-13-10-18(11-14-25)16-17-4-2-1-3-5-17/h1-9,18H,10-16H2. The van der Waals surface area contributed by atoms with Gasteiger partial charge in [0, 0.05) is 25.2 Å². The second kappa shape index (κ2) is 7.91. The second-order valence-electron chi connectivity index (χ2n) is 7.27. The van der Waals surface area contributed by atoms with Gasteiger partial charge in [-0.3, -0.25) is 14.7 Å². The van der Waals surface area contributed by atoms with Crippen molar-refractivity contribution in [1.29, 1.82) is 0 Å². The molecule has 4 rings (SSSR count). The fourth-order valence-electron chi connectivity index (χ4n) is 3.93. The highest BCUT2D eigenvalue weighted by atomic mass is 19.1. The Balaban J connectivity index is 1.37. The normalized spacial score (nSPS) is 17.9. The van der Waals surface area contributed by atoms with Gasteiger partial charge in [-0.1, -0.05) is 30.3 Å². The molecule has 0 N–H and O–H groups in total. The van der Waals surface area contributed by atoms with Crippen LogP contribution in [0.1, 0.15) is 28.8 Å². The molecule has 2 aliphatic heterocycles. The molecule has 0 aromatic heterocycles. The molecule has 1 amide bonds. The van der Waals surface area contributed by atoms with Gasteiger partial charge in [0.25, 0.3) is 5.91 Å². The van der Waals surface area contributed by atoms with E-state index in [2.05, 4.69) is 40.2 Å². The Morgan fingerprint density at radius 1 is 1.00 bits per heavy atom. The Morgan fingerprint density at radius 2 is 1.70 bits per heavy atom. The Kier molecular flexibility index (Phi) is 5.19. The number of nitrogens with zero attached hydrogens (tertiary/aromatic N) is 3. The van der Waals surface area contributed by atoms with E-state index < -0.39 is 0 Å². The Labute approximate surface area is 159 Å². The topological polar surface area (TPSA) is 35.9 Å². The number of aliphatic imine (C=N–C) groups is 1. The summed E-state index contributed by atoms with van der Waals surface area (Å²) in [5.41, 5.74) is 1.90. The van der Waals surface area contributed by atoms with Gasteiger partial charge in [-0.2, -0.15) is 0 Å². The van der Waals surface area contributed by atoms with Gasteiger partial charge in [0.1, 0.15) is 5.82 Å². The maximum atomic E-state index is 13.1. The number of benzene rings is 2. The lowest BCUT2D eigenvalue weighted by atomic mass is 9.90. The molecular weight excluding hydrogens is 341 g/mol. The van der Waals surface area contributed by atoms with Crippen molar-refractivity contribution in [3.63, 3.8) is 0 Å². The first kappa shape index (κ1) is 17.7. The average Bonchev–Trinajstić information content (AvgIpc) is 3.19. The Hall–Kier alpha value is -2.69. The number of carbonyl (C=O) groups is 1. The van der Waals surface area contributed by atoms with E-state index >= 15 is 0 Å². The molecule has 0 radical (unpaired) electrons. The van der Waals surface area contributed by atoms with E-state index in [1.165, 1.54) is 17.7 Å². The van der Waals surface area contributed by atoms with Crippen LogP contribution >= 0.6 is 0 Å². The van der Waals surface area contributed by atoms with Crippen LogP contribution in [0.25, 0.3) is 0 Å². The fourth-order valence-corrected chi connectivity index (χ4v) is 3.93. The molecule has 0 atom stereocenters. The maximum absolute atomic E-state index is 13.1. The third kappa shape index (κ3) is 4.02. The third-order valence-corrected chi connectivity index (χ3v) is 5.42. The second-order valence-corrected chi connectivity index (χ2v) is 7.27. The summed E-state index contributed by atoms with van der Waals surface area (Å²) in [4.78, 5) is 21.4. The molecule has 1 saturated heterocycles. The molecular formula is C22H24FN3O. The van der Waals surface area contributed by atoms with Gasteiger partial charge in [-0.25, -0.2) is 4.39 Å².